The molecule has 1 heterocycles. The molecule has 0 fully saturated rings. The van der Waals surface area contributed by atoms with Gasteiger partial charge in [-0.3, -0.25) is 9.59 Å². The lowest BCUT2D eigenvalue weighted by molar-refractivity contribution is 0.0698. The van der Waals surface area contributed by atoms with E-state index < -0.39 is 17.3 Å². The van der Waals surface area contributed by atoms with Gasteiger partial charge in [0, 0.05) is 11.9 Å². The Hall–Kier alpha value is -4.13. The van der Waals surface area contributed by atoms with Crippen molar-refractivity contribution < 1.29 is 19.1 Å². The summed E-state index contributed by atoms with van der Waals surface area (Å²) in [5.74, 6) is -1.55. The summed E-state index contributed by atoms with van der Waals surface area (Å²) >= 11 is 0. The lowest BCUT2D eigenvalue weighted by atomic mass is 10.1. The fraction of sp³-hybridized carbons (Fsp3) is 0.0833. The number of nitrogens with zero attached hydrogens (tertiary/aromatic N) is 1. The molecule has 6 nitrogen and oxygen atoms in total. The van der Waals surface area contributed by atoms with Crippen molar-refractivity contribution in [3.05, 3.63) is 112 Å². The monoisotopic (exact) mass is 418 g/mol. The number of hydrogen-bond donors (Lipinski definition) is 2. The largest absolute Gasteiger partial charge is 0.492 e. The fourth-order valence-electron chi connectivity index (χ4n) is 3.25. The molecule has 0 aliphatic rings. The van der Waals surface area contributed by atoms with Gasteiger partial charge in [0.05, 0.1) is 5.39 Å². The maximum absolute atomic E-state index is 13.1. The first-order valence-electron chi connectivity index (χ1n) is 9.61. The maximum Gasteiger partial charge on any atom is 0.294 e. The molecule has 1 aromatic heterocycles. The van der Waals surface area contributed by atoms with Gasteiger partial charge in [0.1, 0.15) is 18.0 Å². The Labute approximate surface area is 177 Å². The summed E-state index contributed by atoms with van der Waals surface area (Å²) in [6.45, 7) is 0.153. The van der Waals surface area contributed by atoms with Gasteiger partial charge in [-0.05, 0) is 29.3 Å². The van der Waals surface area contributed by atoms with Crippen molar-refractivity contribution in [2.75, 3.05) is 0 Å². The van der Waals surface area contributed by atoms with E-state index in [4.69, 9.17) is 4.84 Å². The van der Waals surface area contributed by atoms with Gasteiger partial charge in [-0.1, -0.05) is 60.7 Å². The standard InChI is InChI=1S/C24H19FN2O4/c25-18-12-10-16(11-13-18)14-26-22(28)21-19-8-4-5-9-20(19)23(29)27(24(21)30)31-15-17-6-2-1-3-7-17/h1-13,30H,14-15H2,(H,26,28). The Bertz CT molecular complexity index is 1280. The average molecular weight is 418 g/mol. The second kappa shape index (κ2) is 8.71. The number of hydrogen-bond acceptors (Lipinski definition) is 4. The summed E-state index contributed by atoms with van der Waals surface area (Å²) in [6.07, 6.45) is 0. The van der Waals surface area contributed by atoms with Crippen molar-refractivity contribution in [3.8, 4) is 5.88 Å². The molecule has 0 aliphatic heterocycles. The maximum atomic E-state index is 13.1. The van der Waals surface area contributed by atoms with Crippen LogP contribution in [-0.4, -0.2) is 15.7 Å². The zero-order valence-electron chi connectivity index (χ0n) is 16.4. The minimum atomic E-state index is -0.588. The van der Waals surface area contributed by atoms with Crippen LogP contribution in [-0.2, 0) is 13.2 Å². The molecule has 0 bridgehead atoms. The number of aromatic nitrogens is 1. The molecule has 0 spiro atoms. The molecule has 1 amide bonds. The number of carbonyl (C=O) groups excluding carboxylic acids is 1. The van der Waals surface area contributed by atoms with E-state index in [1.165, 1.54) is 12.1 Å². The Morgan fingerprint density at radius 1 is 0.903 bits per heavy atom. The molecule has 0 saturated heterocycles. The molecule has 156 valence electrons. The van der Waals surface area contributed by atoms with Gasteiger partial charge in [-0.2, -0.15) is 0 Å². The quantitative estimate of drug-likeness (QED) is 0.503. The van der Waals surface area contributed by atoms with E-state index in [9.17, 15) is 19.1 Å². The second-order valence-corrected chi connectivity index (χ2v) is 6.91. The molecule has 0 saturated carbocycles. The van der Waals surface area contributed by atoms with Crippen LogP contribution in [0.2, 0.25) is 0 Å². The average Bonchev–Trinajstić information content (AvgIpc) is 2.79. The number of aromatic hydroxyl groups is 1. The van der Waals surface area contributed by atoms with Crippen molar-refractivity contribution >= 4 is 16.7 Å². The molecular formula is C24H19FN2O4. The number of nitrogens with one attached hydrogen (secondary N) is 1. The highest BCUT2D eigenvalue weighted by molar-refractivity contribution is 6.08. The SMILES string of the molecule is O=C(NCc1ccc(F)cc1)c1c(O)n(OCc2ccccc2)c(=O)c2ccccc12. The molecule has 4 aromatic rings. The molecule has 0 radical (unpaired) electrons. The molecule has 0 atom stereocenters. The van der Waals surface area contributed by atoms with E-state index in [2.05, 4.69) is 5.32 Å². The Morgan fingerprint density at radius 2 is 1.55 bits per heavy atom. The molecule has 7 heteroatoms. The summed E-state index contributed by atoms with van der Waals surface area (Å²) in [5.41, 5.74) is 0.834. The van der Waals surface area contributed by atoms with Crippen LogP contribution in [0.25, 0.3) is 10.8 Å². The van der Waals surface area contributed by atoms with E-state index in [0.29, 0.717) is 10.9 Å². The van der Waals surface area contributed by atoms with Gasteiger partial charge >= 0.3 is 0 Å². The smallest absolute Gasteiger partial charge is 0.294 e. The van der Waals surface area contributed by atoms with Gasteiger partial charge in [-0.25, -0.2) is 4.39 Å². The zero-order chi connectivity index (χ0) is 21.8. The van der Waals surface area contributed by atoms with Crippen LogP contribution >= 0.6 is 0 Å². The summed E-state index contributed by atoms with van der Waals surface area (Å²) < 4.78 is 13.8. The van der Waals surface area contributed by atoms with Crippen LogP contribution < -0.4 is 15.7 Å². The molecule has 0 unspecified atom stereocenters. The topological polar surface area (TPSA) is 80.6 Å². The Kier molecular flexibility index (Phi) is 5.66. The summed E-state index contributed by atoms with van der Waals surface area (Å²) in [5, 5.41) is 14.0. The third-order valence-electron chi connectivity index (χ3n) is 4.82. The fourth-order valence-corrected chi connectivity index (χ4v) is 3.25. The highest BCUT2D eigenvalue weighted by atomic mass is 19.1. The highest BCUT2D eigenvalue weighted by Crippen LogP contribution is 2.24. The summed E-state index contributed by atoms with van der Waals surface area (Å²) in [4.78, 5) is 31.4. The van der Waals surface area contributed by atoms with Gasteiger partial charge in [0.2, 0.25) is 5.88 Å². The number of amides is 1. The van der Waals surface area contributed by atoms with Crippen molar-refractivity contribution in [1.29, 1.82) is 0 Å². The number of benzene rings is 3. The lowest BCUT2D eigenvalue weighted by Crippen LogP contribution is -2.31. The van der Waals surface area contributed by atoms with E-state index in [-0.39, 0.29) is 29.9 Å². The van der Waals surface area contributed by atoms with Gasteiger partial charge < -0.3 is 15.3 Å². The number of pyridine rings is 1. The van der Waals surface area contributed by atoms with Gasteiger partial charge in [-0.15, -0.1) is 4.73 Å². The predicted molar refractivity (Wildman–Crippen MR) is 114 cm³/mol. The van der Waals surface area contributed by atoms with Gasteiger partial charge in [0.15, 0.2) is 0 Å². The Morgan fingerprint density at radius 3 is 2.26 bits per heavy atom. The minimum absolute atomic E-state index is 0.0310. The van der Waals surface area contributed by atoms with Crippen LogP contribution in [0.1, 0.15) is 21.5 Å². The van der Waals surface area contributed by atoms with Crippen molar-refractivity contribution in [1.82, 2.24) is 10.0 Å². The molecular weight excluding hydrogens is 399 g/mol. The molecule has 4 rings (SSSR count). The van der Waals surface area contributed by atoms with Gasteiger partial charge in [0.25, 0.3) is 11.5 Å². The number of halogens is 1. The Balaban J connectivity index is 1.68. The third-order valence-corrected chi connectivity index (χ3v) is 4.82. The summed E-state index contributed by atoms with van der Waals surface area (Å²) in [6, 6.07) is 21.3. The second-order valence-electron chi connectivity index (χ2n) is 6.91. The van der Waals surface area contributed by atoms with E-state index in [1.807, 2.05) is 30.3 Å². The minimum Gasteiger partial charge on any atom is -0.492 e. The van der Waals surface area contributed by atoms with Crippen LogP contribution in [0, 0.1) is 5.82 Å². The van der Waals surface area contributed by atoms with Crippen molar-refractivity contribution in [2.24, 2.45) is 0 Å². The van der Waals surface area contributed by atoms with E-state index >= 15 is 0 Å². The third kappa shape index (κ3) is 4.25. The normalized spacial score (nSPS) is 10.7. The predicted octanol–water partition coefficient (Wildman–Crippen LogP) is 3.41. The zero-order valence-corrected chi connectivity index (χ0v) is 16.4. The molecule has 2 N–H and O–H groups in total. The summed E-state index contributed by atoms with van der Waals surface area (Å²) in [7, 11) is 0. The molecule has 31 heavy (non-hydrogen) atoms. The first-order valence-corrected chi connectivity index (χ1v) is 9.61. The first-order chi connectivity index (χ1) is 15.0. The van der Waals surface area contributed by atoms with Crippen molar-refractivity contribution in [3.63, 3.8) is 0 Å². The lowest BCUT2D eigenvalue weighted by Gasteiger charge is -2.16. The van der Waals surface area contributed by atoms with Crippen LogP contribution in [0.3, 0.4) is 0 Å². The number of fused-ring (bicyclic) bond motifs is 1. The van der Waals surface area contributed by atoms with Crippen LogP contribution in [0.15, 0.2) is 83.7 Å². The number of rotatable bonds is 6. The molecule has 3 aromatic carbocycles. The van der Waals surface area contributed by atoms with Crippen LogP contribution in [0.4, 0.5) is 4.39 Å². The van der Waals surface area contributed by atoms with Crippen molar-refractivity contribution in [2.45, 2.75) is 13.2 Å². The highest BCUT2D eigenvalue weighted by Gasteiger charge is 2.22. The van der Waals surface area contributed by atoms with Crippen LogP contribution in [0.5, 0.6) is 5.88 Å². The number of carbonyl (C=O) groups is 1. The van der Waals surface area contributed by atoms with E-state index in [0.717, 1.165) is 10.3 Å². The molecule has 0 aliphatic carbocycles. The van der Waals surface area contributed by atoms with E-state index in [1.54, 1.807) is 36.4 Å². The first kappa shape index (κ1) is 20.2.